The third kappa shape index (κ3) is 5.62. The van der Waals surface area contributed by atoms with E-state index in [0.29, 0.717) is 5.56 Å². The van der Waals surface area contributed by atoms with Crippen LogP contribution in [0.5, 0.6) is 0 Å². The lowest BCUT2D eigenvalue weighted by atomic mass is 10.2. The standard InChI is InChI=1S/C14H16FNO4/c1-9(2)20-8-13(17)16-12-5-3-10(7-11(12)15)4-6-14(18)19/h3-7,9H,8H2,1-2H3,(H,16,17)(H,18,19)/b6-4+. The van der Waals surface area contributed by atoms with Crippen molar-refractivity contribution in [2.45, 2.75) is 20.0 Å². The second-order valence-electron chi connectivity index (χ2n) is 4.32. The molecule has 0 saturated heterocycles. The Morgan fingerprint density at radius 3 is 2.70 bits per heavy atom. The fourth-order valence-corrected chi connectivity index (χ4v) is 1.33. The number of carboxylic acids is 1. The average molecular weight is 281 g/mol. The molecule has 1 amide bonds. The van der Waals surface area contributed by atoms with Crippen LogP contribution in [0, 0.1) is 5.82 Å². The number of benzene rings is 1. The summed E-state index contributed by atoms with van der Waals surface area (Å²) in [6.45, 7) is 3.42. The number of hydrogen-bond donors (Lipinski definition) is 2. The van der Waals surface area contributed by atoms with E-state index in [-0.39, 0.29) is 18.4 Å². The second kappa shape index (κ2) is 7.40. The predicted octanol–water partition coefficient (Wildman–Crippen LogP) is 2.29. The zero-order chi connectivity index (χ0) is 15.1. The van der Waals surface area contributed by atoms with Crippen molar-refractivity contribution in [3.63, 3.8) is 0 Å². The summed E-state index contributed by atoms with van der Waals surface area (Å²) in [5, 5.41) is 10.8. The van der Waals surface area contributed by atoms with Gasteiger partial charge in [-0.1, -0.05) is 6.07 Å². The van der Waals surface area contributed by atoms with Gasteiger partial charge >= 0.3 is 5.97 Å². The summed E-state index contributed by atoms with van der Waals surface area (Å²) in [7, 11) is 0. The smallest absolute Gasteiger partial charge is 0.328 e. The van der Waals surface area contributed by atoms with Gasteiger partial charge in [0.05, 0.1) is 11.8 Å². The minimum absolute atomic E-state index is 0.0230. The first-order chi connectivity index (χ1) is 9.38. The molecule has 0 aromatic heterocycles. The number of amides is 1. The molecule has 0 aliphatic carbocycles. The van der Waals surface area contributed by atoms with Crippen LogP contribution in [0.15, 0.2) is 24.3 Å². The first kappa shape index (κ1) is 15.8. The van der Waals surface area contributed by atoms with E-state index in [1.807, 2.05) is 0 Å². The van der Waals surface area contributed by atoms with Crippen molar-refractivity contribution in [2.24, 2.45) is 0 Å². The number of anilines is 1. The second-order valence-corrected chi connectivity index (χ2v) is 4.32. The first-order valence-electron chi connectivity index (χ1n) is 6.00. The van der Waals surface area contributed by atoms with Crippen molar-refractivity contribution < 1.29 is 23.8 Å². The van der Waals surface area contributed by atoms with Crippen molar-refractivity contribution in [2.75, 3.05) is 11.9 Å². The molecule has 1 aromatic rings. The number of ether oxygens (including phenoxy) is 1. The number of halogens is 1. The summed E-state index contributed by atoms with van der Waals surface area (Å²) in [6, 6.07) is 4.00. The van der Waals surface area contributed by atoms with E-state index >= 15 is 0 Å². The summed E-state index contributed by atoms with van der Waals surface area (Å²) >= 11 is 0. The molecule has 1 aromatic carbocycles. The Balaban J connectivity index is 2.68. The summed E-state index contributed by atoms with van der Waals surface area (Å²) in [4.78, 5) is 21.8. The van der Waals surface area contributed by atoms with Gasteiger partial charge in [0.15, 0.2) is 0 Å². The Labute approximate surface area is 116 Å². The van der Waals surface area contributed by atoms with Crippen LogP contribution in [0.2, 0.25) is 0 Å². The summed E-state index contributed by atoms with van der Waals surface area (Å²) in [5.74, 6) is -2.21. The van der Waals surface area contributed by atoms with E-state index < -0.39 is 17.7 Å². The Morgan fingerprint density at radius 1 is 1.45 bits per heavy atom. The van der Waals surface area contributed by atoms with Crippen LogP contribution in [0.4, 0.5) is 10.1 Å². The quantitative estimate of drug-likeness (QED) is 0.784. The molecule has 0 fully saturated rings. The van der Waals surface area contributed by atoms with Gasteiger partial charge in [0.2, 0.25) is 5.91 Å². The van der Waals surface area contributed by atoms with Gasteiger partial charge in [0.25, 0.3) is 0 Å². The van der Waals surface area contributed by atoms with Crippen molar-refractivity contribution in [3.05, 3.63) is 35.7 Å². The monoisotopic (exact) mass is 281 g/mol. The van der Waals surface area contributed by atoms with Crippen molar-refractivity contribution in [1.29, 1.82) is 0 Å². The topological polar surface area (TPSA) is 75.6 Å². The highest BCUT2D eigenvalue weighted by Crippen LogP contribution is 2.16. The molecule has 2 N–H and O–H groups in total. The molecule has 0 aliphatic rings. The van der Waals surface area contributed by atoms with Gasteiger partial charge in [-0.2, -0.15) is 0 Å². The predicted molar refractivity (Wildman–Crippen MR) is 72.8 cm³/mol. The SMILES string of the molecule is CC(C)OCC(=O)Nc1ccc(/C=C/C(=O)O)cc1F. The highest BCUT2D eigenvalue weighted by atomic mass is 19.1. The van der Waals surface area contributed by atoms with Crippen molar-refractivity contribution >= 4 is 23.6 Å². The molecule has 0 unspecified atom stereocenters. The first-order valence-corrected chi connectivity index (χ1v) is 6.00. The van der Waals surface area contributed by atoms with Gasteiger partial charge in [-0.3, -0.25) is 4.79 Å². The van der Waals surface area contributed by atoms with Crippen LogP contribution >= 0.6 is 0 Å². The molecule has 6 heteroatoms. The maximum atomic E-state index is 13.7. The fourth-order valence-electron chi connectivity index (χ4n) is 1.33. The number of carbonyl (C=O) groups is 2. The summed E-state index contributed by atoms with van der Waals surface area (Å²) in [6.07, 6.45) is 2.08. The molecule has 0 spiro atoms. The lowest BCUT2D eigenvalue weighted by molar-refractivity contribution is -0.131. The number of aliphatic carboxylic acids is 1. The van der Waals surface area contributed by atoms with E-state index in [4.69, 9.17) is 9.84 Å². The molecule has 0 radical (unpaired) electrons. The average Bonchev–Trinajstić information content (AvgIpc) is 2.36. The molecule has 0 saturated carbocycles. The third-order valence-corrected chi connectivity index (χ3v) is 2.23. The molecule has 0 aliphatic heterocycles. The van der Waals surface area contributed by atoms with Gasteiger partial charge in [-0.15, -0.1) is 0 Å². The van der Waals surface area contributed by atoms with E-state index in [2.05, 4.69) is 5.32 Å². The van der Waals surface area contributed by atoms with Gasteiger partial charge < -0.3 is 15.2 Å². The molecule has 1 rings (SSSR count). The van der Waals surface area contributed by atoms with E-state index in [1.165, 1.54) is 18.2 Å². The Hall–Kier alpha value is -2.21. The van der Waals surface area contributed by atoms with Crippen LogP contribution in [0.25, 0.3) is 6.08 Å². The zero-order valence-electron chi connectivity index (χ0n) is 11.2. The Morgan fingerprint density at radius 2 is 2.15 bits per heavy atom. The number of carbonyl (C=O) groups excluding carboxylic acids is 1. The summed E-state index contributed by atoms with van der Waals surface area (Å²) in [5.41, 5.74) is 0.413. The molecule has 108 valence electrons. The van der Waals surface area contributed by atoms with E-state index in [1.54, 1.807) is 13.8 Å². The molecule has 20 heavy (non-hydrogen) atoms. The minimum atomic E-state index is -1.12. The maximum absolute atomic E-state index is 13.7. The lowest BCUT2D eigenvalue weighted by Gasteiger charge is -2.09. The van der Waals surface area contributed by atoms with Gasteiger partial charge in [-0.05, 0) is 37.6 Å². The third-order valence-electron chi connectivity index (χ3n) is 2.23. The number of rotatable bonds is 6. The number of hydrogen-bond acceptors (Lipinski definition) is 3. The van der Waals surface area contributed by atoms with Crippen LogP contribution < -0.4 is 5.32 Å². The van der Waals surface area contributed by atoms with E-state index in [0.717, 1.165) is 12.1 Å². The fraction of sp³-hybridized carbons (Fsp3) is 0.286. The number of carboxylic acid groups (broad SMARTS) is 1. The molecule has 0 atom stereocenters. The lowest BCUT2D eigenvalue weighted by Crippen LogP contribution is -2.21. The van der Waals surface area contributed by atoms with Crippen molar-refractivity contribution in [1.82, 2.24) is 0 Å². The Bertz CT molecular complexity index is 526. The van der Waals surface area contributed by atoms with Crippen LogP contribution in [-0.2, 0) is 14.3 Å². The Kier molecular flexibility index (Phi) is 5.86. The minimum Gasteiger partial charge on any atom is -0.478 e. The largest absolute Gasteiger partial charge is 0.478 e. The summed E-state index contributed by atoms with van der Waals surface area (Å²) < 4.78 is 18.8. The zero-order valence-corrected chi connectivity index (χ0v) is 11.2. The van der Waals surface area contributed by atoms with E-state index in [9.17, 15) is 14.0 Å². The molecule has 0 heterocycles. The maximum Gasteiger partial charge on any atom is 0.328 e. The molecule has 0 bridgehead atoms. The normalized spacial score (nSPS) is 11.0. The van der Waals surface area contributed by atoms with Gasteiger partial charge in [0.1, 0.15) is 12.4 Å². The molecule has 5 nitrogen and oxygen atoms in total. The highest BCUT2D eigenvalue weighted by molar-refractivity contribution is 5.92. The van der Waals surface area contributed by atoms with Gasteiger partial charge in [-0.25, -0.2) is 9.18 Å². The highest BCUT2D eigenvalue weighted by Gasteiger charge is 2.08. The van der Waals surface area contributed by atoms with Crippen LogP contribution in [0.3, 0.4) is 0 Å². The van der Waals surface area contributed by atoms with Gasteiger partial charge in [0, 0.05) is 6.08 Å². The van der Waals surface area contributed by atoms with Crippen LogP contribution in [-0.4, -0.2) is 29.7 Å². The van der Waals surface area contributed by atoms with Crippen molar-refractivity contribution in [3.8, 4) is 0 Å². The number of nitrogens with one attached hydrogen (secondary N) is 1. The molecular weight excluding hydrogens is 265 g/mol. The van der Waals surface area contributed by atoms with Crippen LogP contribution in [0.1, 0.15) is 19.4 Å². The molecular formula is C14H16FNO4.